The number of hydrogen-bond donors (Lipinski definition) is 0. The van der Waals surface area contributed by atoms with E-state index in [1.165, 1.54) is 12.1 Å². The van der Waals surface area contributed by atoms with Crippen LogP contribution >= 0.6 is 0 Å². The van der Waals surface area contributed by atoms with Crippen molar-refractivity contribution in [3.63, 3.8) is 0 Å². The molecule has 3 aromatic rings. The summed E-state index contributed by atoms with van der Waals surface area (Å²) < 4.78 is 13.8. The Kier molecular flexibility index (Phi) is 4.78. The van der Waals surface area contributed by atoms with E-state index >= 15 is 0 Å². The van der Waals surface area contributed by atoms with Gasteiger partial charge in [-0.05, 0) is 24.3 Å². The van der Waals surface area contributed by atoms with Crippen LogP contribution in [0.4, 0.5) is 10.2 Å². The molecule has 0 bridgehead atoms. The fourth-order valence-electron chi connectivity index (χ4n) is 3.20. The summed E-state index contributed by atoms with van der Waals surface area (Å²) in [7, 11) is 0. The van der Waals surface area contributed by atoms with Crippen LogP contribution < -0.4 is 4.90 Å². The molecule has 6 heteroatoms. The Morgan fingerprint density at radius 3 is 2.19 bits per heavy atom. The maximum absolute atomic E-state index is 13.8. The predicted molar refractivity (Wildman–Crippen MR) is 102 cm³/mol. The van der Waals surface area contributed by atoms with E-state index in [0.29, 0.717) is 26.2 Å². The molecule has 1 fully saturated rings. The summed E-state index contributed by atoms with van der Waals surface area (Å²) in [6, 6.07) is 19.9. The lowest BCUT2D eigenvalue weighted by Crippen LogP contribution is -2.49. The molecular weight excluding hydrogens is 343 g/mol. The molecule has 0 N–H and O–H groups in total. The smallest absolute Gasteiger partial charge is 0.256 e. The molecule has 1 amide bonds. The van der Waals surface area contributed by atoms with Crippen molar-refractivity contribution in [3.8, 4) is 11.3 Å². The zero-order chi connectivity index (χ0) is 18.6. The van der Waals surface area contributed by atoms with E-state index in [4.69, 9.17) is 0 Å². The lowest BCUT2D eigenvalue weighted by molar-refractivity contribution is 0.0742. The molecule has 1 aliphatic heterocycles. The van der Waals surface area contributed by atoms with Gasteiger partial charge in [-0.2, -0.15) is 0 Å². The third-order valence-corrected chi connectivity index (χ3v) is 4.72. The van der Waals surface area contributed by atoms with Crippen LogP contribution in [-0.4, -0.2) is 47.2 Å². The van der Waals surface area contributed by atoms with Crippen molar-refractivity contribution in [2.45, 2.75) is 0 Å². The Morgan fingerprint density at radius 2 is 1.52 bits per heavy atom. The van der Waals surface area contributed by atoms with Crippen LogP contribution in [0.5, 0.6) is 0 Å². The Morgan fingerprint density at radius 1 is 0.815 bits per heavy atom. The molecule has 27 heavy (non-hydrogen) atoms. The highest BCUT2D eigenvalue weighted by atomic mass is 19.1. The van der Waals surface area contributed by atoms with E-state index in [-0.39, 0.29) is 11.5 Å². The van der Waals surface area contributed by atoms with Crippen molar-refractivity contribution >= 4 is 11.7 Å². The number of carbonyl (C=O) groups is 1. The number of benzene rings is 2. The van der Waals surface area contributed by atoms with Gasteiger partial charge in [0.25, 0.3) is 5.91 Å². The van der Waals surface area contributed by atoms with Crippen LogP contribution in [0.25, 0.3) is 11.3 Å². The molecule has 4 rings (SSSR count). The number of amides is 1. The van der Waals surface area contributed by atoms with Crippen molar-refractivity contribution < 1.29 is 9.18 Å². The molecule has 2 heterocycles. The minimum atomic E-state index is -0.479. The molecule has 0 spiro atoms. The quantitative estimate of drug-likeness (QED) is 0.718. The molecule has 0 atom stereocenters. The molecule has 2 aromatic carbocycles. The summed E-state index contributed by atoms with van der Waals surface area (Å²) in [4.78, 5) is 16.3. The number of carbonyl (C=O) groups excluding carboxylic acids is 1. The highest BCUT2D eigenvalue weighted by Crippen LogP contribution is 2.20. The number of piperazine rings is 1. The second kappa shape index (κ2) is 7.53. The van der Waals surface area contributed by atoms with Crippen LogP contribution in [-0.2, 0) is 0 Å². The molecule has 0 radical (unpaired) electrons. The summed E-state index contributed by atoms with van der Waals surface area (Å²) >= 11 is 0. The Labute approximate surface area is 157 Å². The SMILES string of the molecule is O=C(c1ccccc1F)N1CCN(c2ccc(-c3ccccc3)nn2)CC1. The molecule has 1 aromatic heterocycles. The van der Waals surface area contributed by atoms with Crippen molar-refractivity contribution in [3.05, 3.63) is 78.1 Å². The first-order valence-electron chi connectivity index (χ1n) is 8.90. The Balaban J connectivity index is 1.41. The van der Waals surface area contributed by atoms with Gasteiger partial charge in [0, 0.05) is 31.7 Å². The monoisotopic (exact) mass is 362 g/mol. The van der Waals surface area contributed by atoms with Crippen molar-refractivity contribution in [1.29, 1.82) is 0 Å². The van der Waals surface area contributed by atoms with Crippen LogP contribution in [0.15, 0.2) is 66.7 Å². The first-order valence-corrected chi connectivity index (χ1v) is 8.90. The summed E-state index contributed by atoms with van der Waals surface area (Å²) in [5.74, 6) is 0.0400. The summed E-state index contributed by atoms with van der Waals surface area (Å²) in [5.41, 5.74) is 1.97. The Hall–Kier alpha value is -3.28. The van der Waals surface area contributed by atoms with E-state index in [1.54, 1.807) is 17.0 Å². The molecule has 1 aliphatic rings. The number of aromatic nitrogens is 2. The average molecular weight is 362 g/mol. The van der Waals surface area contributed by atoms with Gasteiger partial charge in [-0.1, -0.05) is 42.5 Å². The highest BCUT2D eigenvalue weighted by molar-refractivity contribution is 5.94. The second-order valence-electron chi connectivity index (χ2n) is 6.40. The normalized spacial score (nSPS) is 14.3. The summed E-state index contributed by atoms with van der Waals surface area (Å²) in [5, 5.41) is 8.65. The van der Waals surface area contributed by atoms with E-state index in [0.717, 1.165) is 17.1 Å². The number of halogens is 1. The lowest BCUT2D eigenvalue weighted by Gasteiger charge is -2.35. The van der Waals surface area contributed by atoms with Crippen molar-refractivity contribution in [1.82, 2.24) is 15.1 Å². The van der Waals surface area contributed by atoms with Crippen molar-refractivity contribution in [2.75, 3.05) is 31.1 Å². The van der Waals surface area contributed by atoms with Crippen LogP contribution in [0.3, 0.4) is 0 Å². The number of rotatable bonds is 3. The first-order chi connectivity index (χ1) is 13.2. The average Bonchev–Trinajstić information content (AvgIpc) is 2.74. The van der Waals surface area contributed by atoms with Crippen LogP contribution in [0.1, 0.15) is 10.4 Å². The van der Waals surface area contributed by atoms with Gasteiger partial charge in [0.15, 0.2) is 5.82 Å². The maximum atomic E-state index is 13.8. The predicted octanol–water partition coefficient (Wildman–Crippen LogP) is 3.25. The standard InChI is InChI=1S/C21H19FN4O/c22-18-9-5-4-8-17(18)21(27)26-14-12-25(13-15-26)20-11-10-19(23-24-20)16-6-2-1-3-7-16/h1-11H,12-15H2. The van der Waals surface area contributed by atoms with Gasteiger partial charge in [0.1, 0.15) is 5.82 Å². The van der Waals surface area contributed by atoms with Crippen molar-refractivity contribution in [2.24, 2.45) is 0 Å². The molecule has 1 saturated heterocycles. The van der Waals surface area contributed by atoms with Gasteiger partial charge >= 0.3 is 0 Å². The van der Waals surface area contributed by atoms with Gasteiger partial charge in [0.05, 0.1) is 11.3 Å². The Bertz CT molecular complexity index is 922. The zero-order valence-corrected chi connectivity index (χ0v) is 14.8. The van der Waals surface area contributed by atoms with Crippen LogP contribution in [0, 0.1) is 5.82 Å². The van der Waals surface area contributed by atoms with E-state index in [1.807, 2.05) is 42.5 Å². The van der Waals surface area contributed by atoms with E-state index in [2.05, 4.69) is 15.1 Å². The largest absolute Gasteiger partial charge is 0.352 e. The number of anilines is 1. The van der Waals surface area contributed by atoms with E-state index < -0.39 is 5.82 Å². The molecule has 0 unspecified atom stereocenters. The second-order valence-corrected chi connectivity index (χ2v) is 6.40. The lowest BCUT2D eigenvalue weighted by atomic mass is 10.1. The highest BCUT2D eigenvalue weighted by Gasteiger charge is 2.24. The molecular formula is C21H19FN4O. The third kappa shape index (κ3) is 3.65. The zero-order valence-electron chi connectivity index (χ0n) is 14.8. The van der Waals surface area contributed by atoms with Gasteiger partial charge in [0.2, 0.25) is 0 Å². The maximum Gasteiger partial charge on any atom is 0.256 e. The number of hydrogen-bond acceptors (Lipinski definition) is 4. The summed E-state index contributed by atoms with van der Waals surface area (Å²) in [6.45, 7) is 2.32. The van der Waals surface area contributed by atoms with Crippen LogP contribution in [0.2, 0.25) is 0 Å². The van der Waals surface area contributed by atoms with E-state index in [9.17, 15) is 9.18 Å². The van der Waals surface area contributed by atoms with Gasteiger partial charge in [-0.15, -0.1) is 10.2 Å². The van der Waals surface area contributed by atoms with Gasteiger partial charge < -0.3 is 9.80 Å². The molecule has 0 aliphatic carbocycles. The fraction of sp³-hybridized carbons (Fsp3) is 0.190. The van der Waals surface area contributed by atoms with Gasteiger partial charge in [-0.3, -0.25) is 4.79 Å². The molecule has 136 valence electrons. The minimum absolute atomic E-state index is 0.123. The summed E-state index contributed by atoms with van der Waals surface area (Å²) in [6.07, 6.45) is 0. The fourth-order valence-corrected chi connectivity index (χ4v) is 3.20. The minimum Gasteiger partial charge on any atom is -0.352 e. The van der Waals surface area contributed by atoms with Gasteiger partial charge in [-0.25, -0.2) is 4.39 Å². The molecule has 5 nitrogen and oxygen atoms in total. The first kappa shape index (κ1) is 17.1. The molecule has 0 saturated carbocycles. The topological polar surface area (TPSA) is 49.3 Å². The third-order valence-electron chi connectivity index (χ3n) is 4.72. The number of nitrogens with zero attached hydrogens (tertiary/aromatic N) is 4.